The minimum Gasteiger partial charge on any atom is -0.493 e. The highest BCUT2D eigenvalue weighted by Gasteiger charge is 2.13. The molecule has 26 heavy (non-hydrogen) atoms. The number of carbonyl (C=O) groups is 1. The molecule has 0 heterocycles. The van der Waals surface area contributed by atoms with Crippen LogP contribution in [0.4, 0.5) is 10.1 Å². The summed E-state index contributed by atoms with van der Waals surface area (Å²) < 4.78 is 24.8. The molecular weight excluding hydrogens is 333 g/mol. The Morgan fingerprint density at radius 2 is 1.69 bits per heavy atom. The molecule has 0 aliphatic carbocycles. The van der Waals surface area contributed by atoms with Crippen LogP contribution in [0.5, 0.6) is 11.5 Å². The maximum absolute atomic E-state index is 13.7. The number of benzene rings is 3. The number of anilines is 1. The highest BCUT2D eigenvalue weighted by molar-refractivity contribution is 6.04. The third-order valence-electron chi connectivity index (χ3n) is 3.79. The lowest BCUT2D eigenvalue weighted by Crippen LogP contribution is -2.13. The van der Waals surface area contributed by atoms with Gasteiger partial charge < -0.3 is 14.8 Å². The molecule has 0 saturated carbocycles. The van der Waals surface area contributed by atoms with E-state index >= 15 is 0 Å². The molecule has 1 amide bonds. The summed E-state index contributed by atoms with van der Waals surface area (Å²) in [6.45, 7) is 0.343. The SMILES string of the molecule is COc1ccc(C(=O)Nc2ccccc2F)cc1OCc1ccccc1. The summed E-state index contributed by atoms with van der Waals surface area (Å²) in [5.74, 6) is 0.0399. The average molecular weight is 351 g/mol. The van der Waals surface area contributed by atoms with Gasteiger partial charge in [0.1, 0.15) is 12.4 Å². The van der Waals surface area contributed by atoms with E-state index in [-0.39, 0.29) is 5.69 Å². The first-order chi connectivity index (χ1) is 12.7. The molecular formula is C21H18FNO3. The van der Waals surface area contributed by atoms with Crippen LogP contribution in [0.3, 0.4) is 0 Å². The van der Waals surface area contributed by atoms with Gasteiger partial charge in [0, 0.05) is 5.56 Å². The van der Waals surface area contributed by atoms with Gasteiger partial charge in [-0.05, 0) is 35.9 Å². The van der Waals surface area contributed by atoms with Crippen molar-refractivity contribution in [1.82, 2.24) is 0 Å². The van der Waals surface area contributed by atoms with Gasteiger partial charge >= 0.3 is 0 Å². The fourth-order valence-corrected chi connectivity index (χ4v) is 2.42. The minimum absolute atomic E-state index is 0.125. The van der Waals surface area contributed by atoms with Crippen molar-refractivity contribution in [3.8, 4) is 11.5 Å². The van der Waals surface area contributed by atoms with Crippen molar-refractivity contribution in [1.29, 1.82) is 0 Å². The Morgan fingerprint density at radius 3 is 2.42 bits per heavy atom. The van der Waals surface area contributed by atoms with E-state index in [9.17, 15) is 9.18 Å². The molecule has 1 N–H and O–H groups in total. The first-order valence-corrected chi connectivity index (χ1v) is 8.08. The number of ether oxygens (including phenoxy) is 2. The van der Waals surface area contributed by atoms with Crippen LogP contribution in [0.2, 0.25) is 0 Å². The lowest BCUT2D eigenvalue weighted by molar-refractivity contribution is 0.102. The van der Waals surface area contributed by atoms with Crippen LogP contribution in [0.25, 0.3) is 0 Å². The van der Waals surface area contributed by atoms with E-state index in [0.717, 1.165) is 5.56 Å². The van der Waals surface area contributed by atoms with Crippen LogP contribution < -0.4 is 14.8 Å². The van der Waals surface area contributed by atoms with Crippen LogP contribution in [0.15, 0.2) is 72.8 Å². The number of hydrogen-bond acceptors (Lipinski definition) is 3. The van der Waals surface area contributed by atoms with E-state index < -0.39 is 11.7 Å². The van der Waals surface area contributed by atoms with Gasteiger partial charge in [-0.2, -0.15) is 0 Å². The van der Waals surface area contributed by atoms with E-state index in [1.54, 1.807) is 30.3 Å². The molecule has 132 valence electrons. The molecule has 0 radical (unpaired) electrons. The summed E-state index contributed by atoms with van der Waals surface area (Å²) in [6.07, 6.45) is 0. The summed E-state index contributed by atoms with van der Waals surface area (Å²) >= 11 is 0. The Labute approximate surface area is 151 Å². The zero-order valence-electron chi connectivity index (χ0n) is 14.2. The van der Waals surface area contributed by atoms with Crippen LogP contribution in [0.1, 0.15) is 15.9 Å². The summed E-state index contributed by atoms with van der Waals surface area (Å²) in [5, 5.41) is 2.55. The molecule has 0 aliphatic heterocycles. The van der Waals surface area contributed by atoms with Crippen LogP contribution >= 0.6 is 0 Å². The molecule has 0 bridgehead atoms. The Morgan fingerprint density at radius 1 is 0.962 bits per heavy atom. The smallest absolute Gasteiger partial charge is 0.255 e. The van der Waals surface area contributed by atoms with Gasteiger partial charge in [-0.15, -0.1) is 0 Å². The van der Waals surface area contributed by atoms with E-state index in [2.05, 4.69) is 5.32 Å². The van der Waals surface area contributed by atoms with Gasteiger partial charge in [-0.3, -0.25) is 4.79 Å². The molecule has 3 aromatic carbocycles. The van der Waals surface area contributed by atoms with Crippen molar-refractivity contribution >= 4 is 11.6 Å². The van der Waals surface area contributed by atoms with Gasteiger partial charge in [0.05, 0.1) is 12.8 Å². The zero-order valence-corrected chi connectivity index (χ0v) is 14.2. The monoisotopic (exact) mass is 351 g/mol. The number of amides is 1. The predicted molar refractivity (Wildman–Crippen MR) is 98.1 cm³/mol. The topological polar surface area (TPSA) is 47.6 Å². The molecule has 0 fully saturated rings. The van der Waals surface area contributed by atoms with Crippen molar-refractivity contribution in [2.24, 2.45) is 0 Å². The molecule has 4 nitrogen and oxygen atoms in total. The van der Waals surface area contributed by atoms with Crippen LogP contribution in [-0.2, 0) is 6.61 Å². The van der Waals surface area contributed by atoms with E-state index in [1.165, 1.54) is 19.2 Å². The van der Waals surface area contributed by atoms with Crippen LogP contribution in [-0.4, -0.2) is 13.0 Å². The molecule has 3 rings (SSSR count). The summed E-state index contributed by atoms with van der Waals surface area (Å²) in [6, 6.07) is 20.5. The molecule has 5 heteroatoms. The molecule has 3 aromatic rings. The van der Waals surface area contributed by atoms with E-state index in [4.69, 9.17) is 9.47 Å². The van der Waals surface area contributed by atoms with Crippen molar-refractivity contribution in [3.63, 3.8) is 0 Å². The zero-order chi connectivity index (χ0) is 18.4. The van der Waals surface area contributed by atoms with Gasteiger partial charge in [-0.1, -0.05) is 42.5 Å². The average Bonchev–Trinajstić information content (AvgIpc) is 2.68. The first kappa shape index (κ1) is 17.5. The number of halogens is 1. The van der Waals surface area contributed by atoms with Crippen molar-refractivity contribution in [2.75, 3.05) is 12.4 Å². The van der Waals surface area contributed by atoms with E-state index in [1.807, 2.05) is 30.3 Å². The fourth-order valence-electron chi connectivity index (χ4n) is 2.42. The Kier molecular flexibility index (Phi) is 5.49. The first-order valence-electron chi connectivity index (χ1n) is 8.08. The second-order valence-electron chi connectivity index (χ2n) is 5.57. The van der Waals surface area contributed by atoms with Crippen molar-refractivity contribution in [3.05, 3.63) is 89.7 Å². The maximum atomic E-state index is 13.7. The second-order valence-corrected chi connectivity index (χ2v) is 5.57. The summed E-state index contributed by atoms with van der Waals surface area (Å²) in [4.78, 5) is 12.4. The maximum Gasteiger partial charge on any atom is 0.255 e. The predicted octanol–water partition coefficient (Wildman–Crippen LogP) is 4.67. The standard InChI is InChI=1S/C21H18FNO3/c1-25-19-12-11-16(21(24)23-18-10-6-5-9-17(18)22)13-20(19)26-14-15-7-3-2-4-8-15/h2-13H,14H2,1H3,(H,23,24). The number of rotatable bonds is 6. The van der Waals surface area contributed by atoms with Gasteiger partial charge in [-0.25, -0.2) is 4.39 Å². The molecule has 0 unspecified atom stereocenters. The molecule has 0 aromatic heterocycles. The number of methoxy groups -OCH3 is 1. The lowest BCUT2D eigenvalue weighted by atomic mass is 10.1. The van der Waals surface area contributed by atoms with Crippen molar-refractivity contribution < 1.29 is 18.7 Å². The van der Waals surface area contributed by atoms with Gasteiger partial charge in [0.25, 0.3) is 5.91 Å². The van der Waals surface area contributed by atoms with Crippen molar-refractivity contribution in [2.45, 2.75) is 6.61 Å². The fraction of sp³-hybridized carbons (Fsp3) is 0.0952. The third-order valence-corrected chi connectivity index (χ3v) is 3.79. The Bertz CT molecular complexity index is 897. The largest absolute Gasteiger partial charge is 0.493 e. The number of para-hydroxylation sites is 1. The van der Waals surface area contributed by atoms with Gasteiger partial charge in [0.15, 0.2) is 11.5 Å². The van der Waals surface area contributed by atoms with Crippen LogP contribution in [0, 0.1) is 5.82 Å². The Balaban J connectivity index is 1.78. The van der Waals surface area contributed by atoms with E-state index in [0.29, 0.717) is 23.7 Å². The highest BCUT2D eigenvalue weighted by Crippen LogP contribution is 2.29. The lowest BCUT2D eigenvalue weighted by Gasteiger charge is -2.13. The molecule has 0 spiro atoms. The molecule has 0 atom stereocenters. The Hall–Kier alpha value is -3.34. The quantitative estimate of drug-likeness (QED) is 0.702. The number of carbonyl (C=O) groups excluding carboxylic acids is 1. The normalized spacial score (nSPS) is 10.2. The third kappa shape index (κ3) is 4.19. The number of nitrogens with one attached hydrogen (secondary N) is 1. The minimum atomic E-state index is -0.491. The number of hydrogen-bond donors (Lipinski definition) is 1. The van der Waals surface area contributed by atoms with Gasteiger partial charge in [0.2, 0.25) is 0 Å². The molecule has 0 saturated heterocycles. The summed E-state index contributed by atoms with van der Waals surface area (Å²) in [5.41, 5.74) is 1.47. The second kappa shape index (κ2) is 8.16. The highest BCUT2D eigenvalue weighted by atomic mass is 19.1. The molecule has 0 aliphatic rings. The summed E-state index contributed by atoms with van der Waals surface area (Å²) in [7, 11) is 1.53.